The van der Waals surface area contributed by atoms with Crippen LogP contribution in [0, 0.1) is 5.41 Å². The van der Waals surface area contributed by atoms with Crippen molar-refractivity contribution in [2.75, 3.05) is 6.54 Å². The Hall–Kier alpha value is -2.26. The van der Waals surface area contributed by atoms with Crippen LogP contribution < -0.4 is 0 Å². The summed E-state index contributed by atoms with van der Waals surface area (Å²) in [7, 11) is 0. The number of nitrogens with zero attached hydrogens (tertiary/aromatic N) is 1. The quantitative estimate of drug-likeness (QED) is 0.386. The summed E-state index contributed by atoms with van der Waals surface area (Å²) in [6, 6.07) is 17.3. The van der Waals surface area contributed by atoms with Crippen molar-refractivity contribution in [2.24, 2.45) is 5.41 Å². The van der Waals surface area contributed by atoms with Gasteiger partial charge in [-0.25, -0.2) is 0 Å². The fourth-order valence-corrected chi connectivity index (χ4v) is 6.02. The average molecular weight is 388 g/mol. The van der Waals surface area contributed by atoms with Crippen molar-refractivity contribution in [3.8, 4) is 11.1 Å². The van der Waals surface area contributed by atoms with Crippen LogP contribution in [0.2, 0.25) is 0 Å². The monoisotopic (exact) mass is 387 g/mol. The lowest BCUT2D eigenvalue weighted by Gasteiger charge is -2.36. The first kappa shape index (κ1) is 17.8. The van der Waals surface area contributed by atoms with E-state index in [0.717, 1.165) is 24.9 Å². The van der Waals surface area contributed by atoms with Gasteiger partial charge in [0.25, 0.3) is 5.91 Å². The molecule has 0 saturated carbocycles. The van der Waals surface area contributed by atoms with Gasteiger partial charge in [0.15, 0.2) is 0 Å². The normalized spacial score (nSPS) is 15.1. The van der Waals surface area contributed by atoms with Crippen molar-refractivity contribution in [3.05, 3.63) is 59.7 Å². The number of hydrogen-bond acceptors (Lipinski definition) is 2. The van der Waals surface area contributed by atoms with E-state index in [0.29, 0.717) is 6.54 Å². The Morgan fingerprint density at radius 1 is 0.929 bits per heavy atom. The zero-order valence-electron chi connectivity index (χ0n) is 16.7. The molecule has 0 fully saturated rings. The topological polar surface area (TPSA) is 20.3 Å². The van der Waals surface area contributed by atoms with Crippen LogP contribution in [0.3, 0.4) is 0 Å². The Labute approximate surface area is 170 Å². The Bertz CT molecular complexity index is 1110. The summed E-state index contributed by atoms with van der Waals surface area (Å²) < 4.78 is 0. The van der Waals surface area contributed by atoms with Crippen molar-refractivity contribution >= 4 is 28.4 Å². The molecule has 3 aromatic carbocycles. The number of amides is 1. The lowest BCUT2D eigenvalue weighted by molar-refractivity contribution is 0.0652. The SMILES string of the molecule is CCCC(C)(C)CN1Cc2ccc3c4c(ccc(c24)C1=O)-c1ccccc1S3. The smallest absolute Gasteiger partial charge is 0.254 e. The molecule has 3 heteroatoms. The summed E-state index contributed by atoms with van der Waals surface area (Å²) in [5.74, 6) is 0.184. The minimum atomic E-state index is 0.140. The zero-order chi connectivity index (χ0) is 19.5. The van der Waals surface area contributed by atoms with Gasteiger partial charge in [0, 0.05) is 39.2 Å². The van der Waals surface area contributed by atoms with E-state index in [9.17, 15) is 4.79 Å². The van der Waals surface area contributed by atoms with Crippen LogP contribution in [0.1, 0.15) is 49.5 Å². The summed E-state index contributed by atoms with van der Waals surface area (Å²) in [5, 5.41) is 2.44. The highest BCUT2D eigenvalue weighted by molar-refractivity contribution is 7.99. The van der Waals surface area contributed by atoms with E-state index in [4.69, 9.17) is 0 Å². The number of carbonyl (C=O) groups excluding carboxylic acids is 1. The molecule has 0 bridgehead atoms. The van der Waals surface area contributed by atoms with Crippen LogP contribution in [-0.4, -0.2) is 17.4 Å². The molecule has 0 saturated heterocycles. The molecule has 2 aliphatic rings. The third-order valence-corrected chi connectivity index (χ3v) is 7.17. The Morgan fingerprint density at radius 3 is 2.54 bits per heavy atom. The third kappa shape index (κ3) is 2.68. The van der Waals surface area contributed by atoms with Gasteiger partial charge < -0.3 is 4.90 Å². The minimum absolute atomic E-state index is 0.140. The van der Waals surface area contributed by atoms with Gasteiger partial charge in [-0.15, -0.1) is 0 Å². The molecule has 5 rings (SSSR count). The van der Waals surface area contributed by atoms with E-state index in [1.165, 1.54) is 37.3 Å². The number of fused-ring (bicyclic) bond motifs is 2. The van der Waals surface area contributed by atoms with Crippen LogP contribution >= 0.6 is 11.8 Å². The lowest BCUT2D eigenvalue weighted by atomic mass is 9.85. The highest BCUT2D eigenvalue weighted by Gasteiger charge is 2.32. The van der Waals surface area contributed by atoms with Gasteiger partial charge in [-0.05, 0) is 46.7 Å². The summed E-state index contributed by atoms with van der Waals surface area (Å²) in [6.07, 6.45) is 2.27. The Morgan fingerprint density at radius 2 is 1.71 bits per heavy atom. The molecule has 0 aliphatic carbocycles. The average Bonchev–Trinajstić information content (AvgIpc) is 2.68. The van der Waals surface area contributed by atoms with E-state index in [-0.39, 0.29) is 11.3 Å². The summed E-state index contributed by atoms with van der Waals surface area (Å²) in [5.41, 5.74) is 4.83. The second-order valence-corrected chi connectivity index (χ2v) is 9.89. The molecule has 28 heavy (non-hydrogen) atoms. The summed E-state index contributed by atoms with van der Waals surface area (Å²) in [4.78, 5) is 18.0. The lowest BCUT2D eigenvalue weighted by Crippen LogP contribution is -2.40. The molecular formula is C25H25NOS. The van der Waals surface area contributed by atoms with Crippen molar-refractivity contribution < 1.29 is 4.79 Å². The fourth-order valence-electron chi connectivity index (χ4n) is 4.90. The van der Waals surface area contributed by atoms with E-state index >= 15 is 0 Å². The Kier molecular flexibility index (Phi) is 4.06. The van der Waals surface area contributed by atoms with Crippen LogP contribution in [0.4, 0.5) is 0 Å². The maximum absolute atomic E-state index is 13.4. The predicted octanol–water partition coefficient (Wildman–Crippen LogP) is 6.75. The highest BCUT2D eigenvalue weighted by atomic mass is 32.2. The van der Waals surface area contributed by atoms with Gasteiger partial charge in [0.1, 0.15) is 0 Å². The first-order valence-corrected chi connectivity index (χ1v) is 11.0. The van der Waals surface area contributed by atoms with E-state index < -0.39 is 0 Å². The molecule has 3 aromatic rings. The largest absolute Gasteiger partial charge is 0.334 e. The summed E-state index contributed by atoms with van der Waals surface area (Å²) >= 11 is 1.82. The predicted molar refractivity (Wildman–Crippen MR) is 117 cm³/mol. The van der Waals surface area contributed by atoms with E-state index in [2.05, 4.69) is 74.2 Å². The molecule has 1 amide bonds. The van der Waals surface area contributed by atoms with Crippen molar-refractivity contribution in [1.82, 2.24) is 4.90 Å². The first-order chi connectivity index (χ1) is 13.5. The Balaban J connectivity index is 1.65. The van der Waals surface area contributed by atoms with Crippen LogP contribution in [0.25, 0.3) is 21.9 Å². The van der Waals surface area contributed by atoms with Gasteiger partial charge in [0.05, 0.1) is 0 Å². The number of carbonyl (C=O) groups is 1. The fraction of sp³-hybridized carbons (Fsp3) is 0.320. The zero-order valence-corrected chi connectivity index (χ0v) is 17.5. The molecule has 0 atom stereocenters. The second kappa shape index (κ2) is 6.38. The van der Waals surface area contributed by atoms with Gasteiger partial charge in [-0.3, -0.25) is 4.79 Å². The minimum Gasteiger partial charge on any atom is -0.334 e. The van der Waals surface area contributed by atoms with Gasteiger partial charge in [-0.2, -0.15) is 0 Å². The van der Waals surface area contributed by atoms with Crippen molar-refractivity contribution in [1.29, 1.82) is 0 Å². The molecular weight excluding hydrogens is 362 g/mol. The van der Waals surface area contributed by atoms with Crippen LogP contribution in [0.5, 0.6) is 0 Å². The van der Waals surface area contributed by atoms with Gasteiger partial charge in [0.2, 0.25) is 0 Å². The molecule has 0 radical (unpaired) electrons. The highest BCUT2D eigenvalue weighted by Crippen LogP contribution is 2.50. The van der Waals surface area contributed by atoms with Gasteiger partial charge in [-0.1, -0.05) is 69.3 Å². The summed E-state index contributed by atoms with van der Waals surface area (Å²) in [6.45, 7) is 8.28. The third-order valence-electron chi connectivity index (χ3n) is 6.03. The molecule has 2 nitrogen and oxygen atoms in total. The molecule has 2 heterocycles. The first-order valence-electron chi connectivity index (χ1n) is 10.1. The van der Waals surface area contributed by atoms with Crippen molar-refractivity contribution in [2.45, 2.75) is 49.9 Å². The van der Waals surface area contributed by atoms with Crippen LogP contribution in [0.15, 0.2) is 58.3 Å². The molecule has 142 valence electrons. The number of benzene rings is 3. The molecule has 2 aliphatic heterocycles. The molecule has 0 N–H and O–H groups in total. The van der Waals surface area contributed by atoms with Gasteiger partial charge >= 0.3 is 0 Å². The second-order valence-electron chi connectivity index (χ2n) is 8.81. The standard InChI is InChI=1S/C25H25NOS/c1-4-13-25(2,3)15-26-14-16-9-12-21-23-18(10-11-19(22(16)23)24(26)27)17-7-5-6-8-20(17)28-21/h5-12H,4,13-15H2,1-3H3. The number of rotatable bonds is 4. The van der Waals surface area contributed by atoms with Crippen molar-refractivity contribution in [3.63, 3.8) is 0 Å². The molecule has 0 spiro atoms. The van der Waals surface area contributed by atoms with E-state index in [1.54, 1.807) is 0 Å². The maximum atomic E-state index is 13.4. The number of hydrogen-bond donors (Lipinski definition) is 0. The van der Waals surface area contributed by atoms with Crippen LogP contribution in [-0.2, 0) is 6.54 Å². The molecule has 0 aromatic heterocycles. The van der Waals surface area contributed by atoms with E-state index in [1.807, 2.05) is 11.8 Å². The maximum Gasteiger partial charge on any atom is 0.254 e. The molecule has 0 unspecified atom stereocenters.